The summed E-state index contributed by atoms with van der Waals surface area (Å²) in [7, 11) is 1.73. The van der Waals surface area contributed by atoms with E-state index in [0.717, 1.165) is 18.2 Å². The van der Waals surface area contributed by atoms with Crippen molar-refractivity contribution in [3.63, 3.8) is 0 Å². The van der Waals surface area contributed by atoms with E-state index in [4.69, 9.17) is 0 Å². The smallest absolute Gasteiger partial charge is 0.126 e. The van der Waals surface area contributed by atoms with Gasteiger partial charge in [-0.3, -0.25) is 0 Å². The highest BCUT2D eigenvalue weighted by atomic mass is 19.1. The van der Waals surface area contributed by atoms with Crippen molar-refractivity contribution in [2.45, 2.75) is 25.9 Å². The summed E-state index contributed by atoms with van der Waals surface area (Å²) < 4.78 is 28.4. The van der Waals surface area contributed by atoms with Gasteiger partial charge in [0, 0.05) is 12.6 Å². The van der Waals surface area contributed by atoms with E-state index in [9.17, 15) is 8.78 Å². The molecule has 2 aromatic rings. The van der Waals surface area contributed by atoms with Gasteiger partial charge in [-0.2, -0.15) is 0 Å². The highest BCUT2D eigenvalue weighted by molar-refractivity contribution is 5.27. The van der Waals surface area contributed by atoms with Crippen molar-refractivity contribution in [1.29, 1.82) is 0 Å². The van der Waals surface area contributed by atoms with Crippen LogP contribution in [0.15, 0.2) is 24.4 Å². The van der Waals surface area contributed by atoms with Crippen molar-refractivity contribution in [3.05, 3.63) is 47.3 Å². The lowest BCUT2D eigenvalue weighted by atomic mass is 10.0. The molecule has 0 aliphatic rings. The first kappa shape index (κ1) is 13.6. The summed E-state index contributed by atoms with van der Waals surface area (Å²) in [4.78, 5) is 0. The molecule has 6 heteroatoms. The minimum Gasteiger partial charge on any atom is -0.308 e. The van der Waals surface area contributed by atoms with E-state index in [-0.39, 0.29) is 6.04 Å². The molecule has 1 heterocycles. The predicted octanol–water partition coefficient (Wildman–Crippen LogP) is 2.28. The number of hydrogen-bond donors (Lipinski definition) is 1. The number of halogens is 2. The standard InChI is InChI=1S/C13H16F2N4/c1-3-4-19-12(8-17-18-19)13(16-2)9-5-10(14)7-11(15)6-9/h5-8,13,16H,3-4H2,1-2H3. The third-order valence-electron chi connectivity index (χ3n) is 2.89. The van der Waals surface area contributed by atoms with Crippen molar-refractivity contribution in [1.82, 2.24) is 20.3 Å². The van der Waals surface area contributed by atoms with Crippen molar-refractivity contribution < 1.29 is 8.78 Å². The maximum absolute atomic E-state index is 13.3. The van der Waals surface area contributed by atoms with Crippen molar-refractivity contribution in [2.24, 2.45) is 0 Å². The summed E-state index contributed by atoms with van der Waals surface area (Å²) in [5, 5.41) is 10.9. The van der Waals surface area contributed by atoms with Crippen LogP contribution in [-0.2, 0) is 6.54 Å². The van der Waals surface area contributed by atoms with Crippen LogP contribution < -0.4 is 5.32 Å². The van der Waals surface area contributed by atoms with E-state index >= 15 is 0 Å². The fourth-order valence-corrected chi connectivity index (χ4v) is 2.10. The van der Waals surface area contributed by atoms with Gasteiger partial charge in [0.1, 0.15) is 11.6 Å². The molecule has 1 unspecified atom stereocenters. The molecule has 102 valence electrons. The third kappa shape index (κ3) is 2.96. The Balaban J connectivity index is 2.40. The summed E-state index contributed by atoms with van der Waals surface area (Å²) in [6.07, 6.45) is 2.52. The molecule has 0 spiro atoms. The quantitative estimate of drug-likeness (QED) is 0.902. The van der Waals surface area contributed by atoms with Gasteiger partial charge in [0.25, 0.3) is 0 Å². The lowest BCUT2D eigenvalue weighted by Gasteiger charge is -2.17. The van der Waals surface area contributed by atoms with Crippen molar-refractivity contribution in [2.75, 3.05) is 7.05 Å². The van der Waals surface area contributed by atoms with Gasteiger partial charge in [-0.1, -0.05) is 12.1 Å². The number of benzene rings is 1. The topological polar surface area (TPSA) is 42.7 Å². The van der Waals surface area contributed by atoms with Crippen molar-refractivity contribution >= 4 is 0 Å². The molecule has 1 N–H and O–H groups in total. The fourth-order valence-electron chi connectivity index (χ4n) is 2.10. The Morgan fingerprint density at radius 3 is 2.53 bits per heavy atom. The van der Waals surface area contributed by atoms with Crippen LogP contribution >= 0.6 is 0 Å². The molecule has 0 amide bonds. The SMILES string of the molecule is CCCn1nncc1C(NC)c1cc(F)cc(F)c1. The van der Waals surface area contributed by atoms with E-state index in [2.05, 4.69) is 15.6 Å². The molecule has 1 aromatic carbocycles. The van der Waals surface area contributed by atoms with Crippen LogP contribution in [0.3, 0.4) is 0 Å². The first-order chi connectivity index (χ1) is 9.15. The highest BCUT2D eigenvalue weighted by Crippen LogP contribution is 2.22. The van der Waals surface area contributed by atoms with Gasteiger partial charge in [0.2, 0.25) is 0 Å². The third-order valence-corrected chi connectivity index (χ3v) is 2.89. The first-order valence-corrected chi connectivity index (χ1v) is 6.17. The molecule has 1 aromatic heterocycles. The van der Waals surface area contributed by atoms with Crippen LogP contribution in [0.4, 0.5) is 8.78 Å². The Labute approximate surface area is 110 Å². The number of rotatable bonds is 5. The van der Waals surface area contributed by atoms with Crippen LogP contribution in [0.25, 0.3) is 0 Å². The molecule has 0 saturated carbocycles. The summed E-state index contributed by atoms with van der Waals surface area (Å²) in [6, 6.07) is 3.14. The van der Waals surface area contributed by atoms with Crippen molar-refractivity contribution in [3.8, 4) is 0 Å². The second-order valence-corrected chi connectivity index (χ2v) is 4.31. The van der Waals surface area contributed by atoms with Gasteiger partial charge < -0.3 is 5.32 Å². The van der Waals surface area contributed by atoms with E-state index in [0.29, 0.717) is 12.1 Å². The Bertz CT molecular complexity index is 533. The number of aromatic nitrogens is 3. The Morgan fingerprint density at radius 1 is 1.26 bits per heavy atom. The molecule has 1 atom stereocenters. The number of nitrogens with zero attached hydrogens (tertiary/aromatic N) is 3. The number of hydrogen-bond acceptors (Lipinski definition) is 3. The molecule has 2 rings (SSSR count). The minimum atomic E-state index is -0.593. The Hall–Kier alpha value is -1.82. The minimum absolute atomic E-state index is 0.341. The van der Waals surface area contributed by atoms with Crippen LogP contribution in [-0.4, -0.2) is 22.0 Å². The van der Waals surface area contributed by atoms with E-state index < -0.39 is 11.6 Å². The van der Waals surface area contributed by atoms with Gasteiger partial charge in [-0.15, -0.1) is 5.10 Å². The summed E-state index contributed by atoms with van der Waals surface area (Å²) >= 11 is 0. The lowest BCUT2D eigenvalue weighted by molar-refractivity contribution is 0.518. The van der Waals surface area contributed by atoms with E-state index in [1.807, 2.05) is 6.92 Å². The molecule has 0 radical (unpaired) electrons. The average molecular weight is 266 g/mol. The van der Waals surface area contributed by atoms with Gasteiger partial charge in [-0.05, 0) is 31.2 Å². The monoisotopic (exact) mass is 266 g/mol. The maximum Gasteiger partial charge on any atom is 0.126 e. The summed E-state index contributed by atoms with van der Waals surface area (Å²) in [5.41, 5.74) is 1.30. The van der Waals surface area contributed by atoms with Gasteiger partial charge in [0.15, 0.2) is 0 Å². The zero-order chi connectivity index (χ0) is 13.8. The molecular formula is C13H16F2N4. The van der Waals surface area contributed by atoms with Crippen LogP contribution in [0.5, 0.6) is 0 Å². The molecule has 0 saturated heterocycles. The molecule has 0 bridgehead atoms. The van der Waals surface area contributed by atoms with Gasteiger partial charge in [-0.25, -0.2) is 13.5 Å². The molecule has 0 fully saturated rings. The molecule has 4 nitrogen and oxygen atoms in total. The molecule has 0 aliphatic carbocycles. The fraction of sp³-hybridized carbons (Fsp3) is 0.385. The van der Waals surface area contributed by atoms with Crippen LogP contribution in [0, 0.1) is 11.6 Å². The maximum atomic E-state index is 13.3. The summed E-state index contributed by atoms with van der Waals surface area (Å²) in [6.45, 7) is 2.74. The van der Waals surface area contributed by atoms with E-state index in [1.54, 1.807) is 17.9 Å². The predicted molar refractivity (Wildman–Crippen MR) is 67.6 cm³/mol. The Kier molecular flexibility index (Phi) is 4.21. The molecule has 0 aliphatic heterocycles. The van der Waals surface area contributed by atoms with Crippen LogP contribution in [0.1, 0.15) is 30.6 Å². The Morgan fingerprint density at radius 2 is 1.95 bits per heavy atom. The highest BCUT2D eigenvalue weighted by Gasteiger charge is 2.18. The second kappa shape index (κ2) is 5.88. The zero-order valence-corrected chi connectivity index (χ0v) is 10.9. The molecule has 19 heavy (non-hydrogen) atoms. The normalized spacial score (nSPS) is 12.6. The van der Waals surface area contributed by atoms with E-state index in [1.165, 1.54) is 12.1 Å². The van der Waals surface area contributed by atoms with Gasteiger partial charge >= 0.3 is 0 Å². The van der Waals surface area contributed by atoms with Gasteiger partial charge in [0.05, 0.1) is 17.9 Å². The molecular weight excluding hydrogens is 250 g/mol. The number of aryl methyl sites for hydroxylation is 1. The summed E-state index contributed by atoms with van der Waals surface area (Å²) in [5.74, 6) is -1.19. The largest absolute Gasteiger partial charge is 0.308 e. The average Bonchev–Trinajstić information content (AvgIpc) is 2.78. The second-order valence-electron chi connectivity index (χ2n) is 4.31. The number of nitrogens with one attached hydrogen (secondary N) is 1. The zero-order valence-electron chi connectivity index (χ0n) is 10.9. The first-order valence-electron chi connectivity index (χ1n) is 6.17. The lowest BCUT2D eigenvalue weighted by Crippen LogP contribution is -2.22. The van der Waals surface area contributed by atoms with Crippen LogP contribution in [0.2, 0.25) is 0 Å².